The summed E-state index contributed by atoms with van der Waals surface area (Å²) in [5, 5.41) is 3.58. The number of rotatable bonds is 10. The molecule has 1 rings (SSSR count). The van der Waals surface area contributed by atoms with E-state index in [0.717, 1.165) is 25.4 Å². The van der Waals surface area contributed by atoms with Crippen LogP contribution in [-0.4, -0.2) is 37.7 Å². The van der Waals surface area contributed by atoms with Crippen LogP contribution in [0.25, 0.3) is 0 Å². The van der Waals surface area contributed by atoms with Crippen molar-refractivity contribution in [3.63, 3.8) is 0 Å². The fraction of sp³-hybridized carbons (Fsp3) is 0.647. The molecule has 0 spiro atoms. The van der Waals surface area contributed by atoms with Gasteiger partial charge in [0.05, 0.1) is 7.11 Å². The van der Waals surface area contributed by atoms with E-state index in [-0.39, 0.29) is 0 Å². The van der Waals surface area contributed by atoms with Crippen molar-refractivity contribution in [2.45, 2.75) is 46.2 Å². The molecule has 0 aliphatic heterocycles. The number of hydrogen-bond donors (Lipinski definition) is 1. The smallest absolute Gasteiger partial charge is 0.123 e. The highest BCUT2D eigenvalue weighted by molar-refractivity contribution is 5.32. The summed E-state index contributed by atoms with van der Waals surface area (Å²) in [6.45, 7) is 11.1. The van der Waals surface area contributed by atoms with Crippen LogP contribution in [0.4, 0.5) is 0 Å². The SMILES string of the molecule is CCN(CC)CCCC(C)NCc1ccccc1OC. The highest BCUT2D eigenvalue weighted by Crippen LogP contribution is 2.17. The van der Waals surface area contributed by atoms with Crippen LogP contribution in [0.15, 0.2) is 24.3 Å². The number of benzene rings is 1. The van der Waals surface area contributed by atoms with E-state index in [1.165, 1.54) is 24.9 Å². The molecule has 0 aromatic heterocycles. The van der Waals surface area contributed by atoms with E-state index in [0.29, 0.717) is 6.04 Å². The lowest BCUT2D eigenvalue weighted by Gasteiger charge is -2.20. The van der Waals surface area contributed by atoms with E-state index in [4.69, 9.17) is 4.74 Å². The van der Waals surface area contributed by atoms with Gasteiger partial charge in [0.1, 0.15) is 5.75 Å². The first-order valence-corrected chi connectivity index (χ1v) is 7.78. The van der Waals surface area contributed by atoms with E-state index in [2.05, 4.69) is 43.1 Å². The summed E-state index contributed by atoms with van der Waals surface area (Å²) in [6.07, 6.45) is 2.47. The Morgan fingerprint density at radius 3 is 2.55 bits per heavy atom. The van der Waals surface area contributed by atoms with Gasteiger partial charge in [-0.1, -0.05) is 32.0 Å². The minimum atomic E-state index is 0.537. The molecule has 0 amide bonds. The highest BCUT2D eigenvalue weighted by atomic mass is 16.5. The molecule has 0 bridgehead atoms. The Labute approximate surface area is 124 Å². The van der Waals surface area contributed by atoms with Gasteiger partial charge in [-0.2, -0.15) is 0 Å². The molecule has 0 radical (unpaired) electrons. The zero-order valence-corrected chi connectivity index (χ0v) is 13.5. The molecule has 0 saturated carbocycles. The molecule has 3 heteroatoms. The normalized spacial score (nSPS) is 12.7. The summed E-state index contributed by atoms with van der Waals surface area (Å²) < 4.78 is 5.37. The van der Waals surface area contributed by atoms with Crippen molar-refractivity contribution >= 4 is 0 Å². The first-order chi connectivity index (χ1) is 9.71. The van der Waals surface area contributed by atoms with Crippen LogP contribution in [0.2, 0.25) is 0 Å². The third-order valence-electron chi connectivity index (χ3n) is 3.84. The van der Waals surface area contributed by atoms with E-state index in [9.17, 15) is 0 Å². The summed E-state index contributed by atoms with van der Waals surface area (Å²) in [5.41, 5.74) is 1.23. The summed E-state index contributed by atoms with van der Waals surface area (Å²) in [7, 11) is 1.73. The van der Waals surface area contributed by atoms with Crippen molar-refractivity contribution in [1.82, 2.24) is 10.2 Å². The zero-order chi connectivity index (χ0) is 14.8. The van der Waals surface area contributed by atoms with Gasteiger partial charge in [-0.25, -0.2) is 0 Å². The molecule has 20 heavy (non-hydrogen) atoms. The monoisotopic (exact) mass is 278 g/mol. The van der Waals surface area contributed by atoms with Gasteiger partial charge < -0.3 is 15.0 Å². The maximum Gasteiger partial charge on any atom is 0.123 e. The first kappa shape index (κ1) is 17.0. The van der Waals surface area contributed by atoms with Gasteiger partial charge in [-0.15, -0.1) is 0 Å². The maximum atomic E-state index is 5.37. The summed E-state index contributed by atoms with van der Waals surface area (Å²) in [6, 6.07) is 8.74. The maximum absolute atomic E-state index is 5.37. The molecule has 0 heterocycles. The molecule has 3 nitrogen and oxygen atoms in total. The number of nitrogens with zero attached hydrogens (tertiary/aromatic N) is 1. The fourth-order valence-electron chi connectivity index (χ4n) is 2.40. The molecule has 0 aliphatic carbocycles. The van der Waals surface area contributed by atoms with Gasteiger partial charge >= 0.3 is 0 Å². The Kier molecular flexibility index (Phi) is 8.31. The van der Waals surface area contributed by atoms with Crippen molar-refractivity contribution in [1.29, 1.82) is 0 Å². The molecule has 1 atom stereocenters. The molecular formula is C17H30N2O. The van der Waals surface area contributed by atoms with Crippen molar-refractivity contribution in [2.75, 3.05) is 26.7 Å². The van der Waals surface area contributed by atoms with Gasteiger partial charge in [0, 0.05) is 18.2 Å². The van der Waals surface area contributed by atoms with Crippen LogP contribution in [-0.2, 0) is 6.54 Å². The summed E-state index contributed by atoms with van der Waals surface area (Å²) in [4.78, 5) is 2.48. The predicted molar refractivity (Wildman–Crippen MR) is 86.3 cm³/mol. The average molecular weight is 278 g/mol. The second kappa shape index (κ2) is 9.78. The second-order valence-corrected chi connectivity index (χ2v) is 5.26. The van der Waals surface area contributed by atoms with Crippen LogP contribution < -0.4 is 10.1 Å². The largest absolute Gasteiger partial charge is 0.496 e. The topological polar surface area (TPSA) is 24.5 Å². The minimum Gasteiger partial charge on any atom is -0.496 e. The molecule has 0 aliphatic rings. The second-order valence-electron chi connectivity index (χ2n) is 5.26. The number of para-hydroxylation sites is 1. The Hall–Kier alpha value is -1.06. The van der Waals surface area contributed by atoms with Gasteiger partial charge in [0.15, 0.2) is 0 Å². The molecule has 1 aromatic carbocycles. The Morgan fingerprint density at radius 1 is 1.20 bits per heavy atom. The molecule has 1 aromatic rings. The number of ether oxygens (including phenoxy) is 1. The molecule has 1 unspecified atom stereocenters. The Morgan fingerprint density at radius 2 is 1.90 bits per heavy atom. The quantitative estimate of drug-likeness (QED) is 0.711. The van der Waals surface area contributed by atoms with Gasteiger partial charge in [-0.05, 0) is 45.5 Å². The van der Waals surface area contributed by atoms with Crippen molar-refractivity contribution in [3.05, 3.63) is 29.8 Å². The van der Waals surface area contributed by atoms with Crippen LogP contribution >= 0.6 is 0 Å². The standard InChI is InChI=1S/C17H30N2O/c1-5-19(6-2)13-9-10-15(3)18-14-16-11-7-8-12-17(16)20-4/h7-8,11-12,15,18H,5-6,9-10,13-14H2,1-4H3. The molecular weight excluding hydrogens is 248 g/mol. The lowest BCUT2D eigenvalue weighted by molar-refractivity contribution is 0.290. The zero-order valence-electron chi connectivity index (χ0n) is 13.5. The van der Waals surface area contributed by atoms with Crippen LogP contribution in [0.5, 0.6) is 5.75 Å². The number of methoxy groups -OCH3 is 1. The van der Waals surface area contributed by atoms with Crippen LogP contribution in [0.1, 0.15) is 39.2 Å². The average Bonchev–Trinajstić information content (AvgIpc) is 2.49. The fourth-order valence-corrected chi connectivity index (χ4v) is 2.40. The highest BCUT2D eigenvalue weighted by Gasteiger charge is 2.06. The molecule has 0 fully saturated rings. The minimum absolute atomic E-state index is 0.537. The van der Waals surface area contributed by atoms with Gasteiger partial charge in [0.2, 0.25) is 0 Å². The van der Waals surface area contributed by atoms with Gasteiger partial charge in [-0.3, -0.25) is 0 Å². The van der Waals surface area contributed by atoms with E-state index < -0.39 is 0 Å². The summed E-state index contributed by atoms with van der Waals surface area (Å²) in [5.74, 6) is 0.968. The van der Waals surface area contributed by atoms with Gasteiger partial charge in [0.25, 0.3) is 0 Å². The third kappa shape index (κ3) is 5.93. The van der Waals surface area contributed by atoms with Crippen LogP contribution in [0, 0.1) is 0 Å². The lowest BCUT2D eigenvalue weighted by Crippen LogP contribution is -2.28. The van der Waals surface area contributed by atoms with E-state index >= 15 is 0 Å². The van der Waals surface area contributed by atoms with Crippen molar-refractivity contribution in [3.8, 4) is 5.75 Å². The van der Waals surface area contributed by atoms with Crippen molar-refractivity contribution in [2.24, 2.45) is 0 Å². The number of nitrogens with one attached hydrogen (secondary N) is 1. The van der Waals surface area contributed by atoms with E-state index in [1.807, 2.05) is 12.1 Å². The van der Waals surface area contributed by atoms with Crippen LogP contribution in [0.3, 0.4) is 0 Å². The third-order valence-corrected chi connectivity index (χ3v) is 3.84. The molecule has 0 saturated heterocycles. The Bertz CT molecular complexity index is 364. The Balaban J connectivity index is 2.27. The molecule has 114 valence electrons. The predicted octanol–water partition coefficient (Wildman–Crippen LogP) is 3.30. The molecule has 1 N–H and O–H groups in total. The first-order valence-electron chi connectivity index (χ1n) is 7.78. The van der Waals surface area contributed by atoms with Crippen molar-refractivity contribution < 1.29 is 4.74 Å². The summed E-state index contributed by atoms with van der Waals surface area (Å²) >= 11 is 0. The number of hydrogen-bond acceptors (Lipinski definition) is 3. The van der Waals surface area contributed by atoms with E-state index in [1.54, 1.807) is 7.11 Å². The lowest BCUT2D eigenvalue weighted by atomic mass is 10.1.